The minimum atomic E-state index is -0.465. The molecule has 2 heterocycles. The molecule has 2 amide bonds. The van der Waals surface area contributed by atoms with Gasteiger partial charge in [-0.05, 0) is 79.9 Å². The first-order chi connectivity index (χ1) is 19.4. The Morgan fingerprint density at radius 1 is 1.07 bits per heavy atom. The van der Waals surface area contributed by atoms with Gasteiger partial charge in [-0.2, -0.15) is 0 Å². The monoisotopic (exact) mass is 559 g/mol. The Kier molecular flexibility index (Phi) is 9.64. The van der Waals surface area contributed by atoms with Crippen molar-refractivity contribution in [1.29, 1.82) is 0 Å². The Balaban J connectivity index is 1.36. The van der Waals surface area contributed by atoms with E-state index in [0.717, 1.165) is 31.5 Å². The number of likely N-dealkylation sites (tertiary alicyclic amines) is 1. The summed E-state index contributed by atoms with van der Waals surface area (Å²) < 4.78 is 5.11. The number of pyridine rings is 1. The number of hydrogen-bond donors (Lipinski definition) is 2. The summed E-state index contributed by atoms with van der Waals surface area (Å²) in [5.74, 6) is -0.688. The maximum atomic E-state index is 13.0. The minimum absolute atomic E-state index is 0.0600. The molecule has 2 N–H and O–H groups in total. The van der Waals surface area contributed by atoms with Crippen molar-refractivity contribution in [1.82, 2.24) is 9.88 Å². The second-order valence-corrected chi connectivity index (χ2v) is 9.57. The van der Waals surface area contributed by atoms with Gasteiger partial charge in [0.2, 0.25) is 0 Å². The maximum absolute atomic E-state index is 13.0. The number of rotatable bonds is 9. The van der Waals surface area contributed by atoms with Gasteiger partial charge in [0.25, 0.3) is 11.8 Å². The highest BCUT2D eigenvalue weighted by atomic mass is 35.5. The molecule has 1 aliphatic heterocycles. The van der Waals surface area contributed by atoms with Gasteiger partial charge in [-0.15, -0.1) is 0 Å². The van der Waals surface area contributed by atoms with Crippen LogP contribution in [0.3, 0.4) is 0 Å². The number of anilines is 2. The summed E-state index contributed by atoms with van der Waals surface area (Å²) in [4.78, 5) is 48.6. The number of amides is 2. The fourth-order valence-electron chi connectivity index (χ4n) is 4.15. The number of ether oxygens (including phenoxy) is 1. The van der Waals surface area contributed by atoms with Crippen molar-refractivity contribution in [2.24, 2.45) is 10.9 Å². The van der Waals surface area contributed by atoms with Crippen molar-refractivity contribution in [2.45, 2.75) is 19.8 Å². The lowest BCUT2D eigenvalue weighted by Gasteiger charge is -2.29. The predicted octanol–water partition coefficient (Wildman–Crippen LogP) is 5.82. The van der Waals surface area contributed by atoms with E-state index in [9.17, 15) is 14.4 Å². The summed E-state index contributed by atoms with van der Waals surface area (Å²) in [6, 6.07) is 14.9. The van der Waals surface area contributed by atoms with E-state index in [4.69, 9.17) is 16.3 Å². The number of nitrogens with zero attached hydrogens (tertiary/aromatic N) is 3. The van der Waals surface area contributed by atoms with Crippen LogP contribution in [0, 0.1) is 5.92 Å². The first-order valence-corrected chi connectivity index (χ1v) is 13.3. The topological polar surface area (TPSA) is 113 Å². The summed E-state index contributed by atoms with van der Waals surface area (Å²) in [5.41, 5.74) is 2.41. The van der Waals surface area contributed by atoms with E-state index in [1.807, 2.05) is 6.92 Å². The molecule has 1 aromatic heterocycles. The lowest BCUT2D eigenvalue weighted by molar-refractivity contribution is -0.149. The SMILES string of the molecule is C=Cc1ccc(NC(=O)c2cc(Cl)ccc2NC(=O)c2ccc(N=CN3CCC(C(=O)OCC)CC3)cc2)nc1. The van der Waals surface area contributed by atoms with Gasteiger partial charge in [-0.1, -0.05) is 24.3 Å². The Morgan fingerprint density at radius 3 is 2.48 bits per heavy atom. The van der Waals surface area contributed by atoms with Gasteiger partial charge in [-0.25, -0.2) is 9.98 Å². The van der Waals surface area contributed by atoms with E-state index >= 15 is 0 Å². The Labute approximate surface area is 237 Å². The van der Waals surface area contributed by atoms with Crippen molar-refractivity contribution < 1.29 is 19.1 Å². The number of piperidine rings is 1. The zero-order chi connectivity index (χ0) is 28.5. The molecule has 0 saturated carbocycles. The first-order valence-electron chi connectivity index (χ1n) is 12.9. The number of carbonyl (C=O) groups excluding carboxylic acids is 3. The highest BCUT2D eigenvalue weighted by molar-refractivity contribution is 6.31. The van der Waals surface area contributed by atoms with Crippen molar-refractivity contribution in [2.75, 3.05) is 30.3 Å². The standard InChI is InChI=1S/C30H30ClN5O4/c1-3-20-5-12-27(32-18-20)35-29(38)25-17-23(31)8-11-26(25)34-28(37)21-6-9-24(10-7-21)33-19-36-15-13-22(14-16-36)30(39)40-4-2/h3,5-12,17-19,22H,1,4,13-16H2,2H3,(H,34,37)(H,32,35,38). The second-order valence-electron chi connectivity index (χ2n) is 9.13. The van der Waals surface area contributed by atoms with Gasteiger partial charge in [0.15, 0.2) is 0 Å². The number of halogens is 1. The summed E-state index contributed by atoms with van der Waals surface area (Å²) in [5, 5.41) is 5.86. The summed E-state index contributed by atoms with van der Waals surface area (Å²) >= 11 is 6.14. The molecule has 9 nitrogen and oxygen atoms in total. The zero-order valence-electron chi connectivity index (χ0n) is 22.1. The summed E-state index contributed by atoms with van der Waals surface area (Å²) in [6.45, 7) is 7.34. The summed E-state index contributed by atoms with van der Waals surface area (Å²) in [7, 11) is 0. The molecule has 0 unspecified atom stereocenters. The van der Waals surface area contributed by atoms with E-state index in [1.54, 1.807) is 67.1 Å². The third-order valence-electron chi connectivity index (χ3n) is 6.39. The number of aromatic nitrogens is 1. The quantitative estimate of drug-likeness (QED) is 0.194. The molecule has 0 atom stereocenters. The van der Waals surface area contributed by atoms with Gasteiger partial charge < -0.3 is 20.3 Å². The number of esters is 1. The average molecular weight is 560 g/mol. The van der Waals surface area contributed by atoms with Crippen molar-refractivity contribution in [3.63, 3.8) is 0 Å². The average Bonchev–Trinajstić information content (AvgIpc) is 2.98. The van der Waals surface area contributed by atoms with Gasteiger partial charge in [-0.3, -0.25) is 14.4 Å². The van der Waals surface area contributed by atoms with Crippen molar-refractivity contribution >= 4 is 59.0 Å². The molecule has 206 valence electrons. The van der Waals surface area contributed by atoms with Crippen LogP contribution < -0.4 is 10.6 Å². The molecule has 10 heteroatoms. The van der Waals surface area contributed by atoms with E-state index in [1.165, 1.54) is 6.07 Å². The molecule has 0 bridgehead atoms. The molecule has 0 aliphatic carbocycles. The van der Waals surface area contributed by atoms with Crippen LogP contribution in [0.1, 0.15) is 46.0 Å². The highest BCUT2D eigenvalue weighted by Crippen LogP contribution is 2.24. The molecular formula is C30H30ClN5O4. The molecule has 1 aliphatic rings. The first kappa shape index (κ1) is 28.5. The van der Waals surface area contributed by atoms with E-state index < -0.39 is 5.91 Å². The smallest absolute Gasteiger partial charge is 0.309 e. The van der Waals surface area contributed by atoms with Crippen LogP contribution in [0.2, 0.25) is 5.02 Å². The van der Waals surface area contributed by atoms with E-state index in [2.05, 4.69) is 32.1 Å². The predicted molar refractivity (Wildman–Crippen MR) is 157 cm³/mol. The third-order valence-corrected chi connectivity index (χ3v) is 6.62. The maximum Gasteiger partial charge on any atom is 0.309 e. The van der Waals surface area contributed by atoms with Crippen molar-refractivity contribution in [3.8, 4) is 0 Å². The van der Waals surface area contributed by atoms with Gasteiger partial charge in [0, 0.05) is 29.9 Å². The fraction of sp³-hybridized carbons (Fsp3) is 0.233. The normalized spacial score (nSPS) is 13.6. The van der Waals surface area contributed by atoms with E-state index in [0.29, 0.717) is 34.4 Å². The van der Waals surface area contributed by atoms with Crippen LogP contribution in [0.25, 0.3) is 6.08 Å². The lowest BCUT2D eigenvalue weighted by Crippen LogP contribution is -2.36. The number of nitrogens with one attached hydrogen (secondary N) is 2. The van der Waals surface area contributed by atoms with Gasteiger partial charge in [0.05, 0.1) is 35.8 Å². The number of hydrogen-bond acceptors (Lipinski definition) is 6. The molecule has 3 aromatic rings. The number of benzene rings is 2. The van der Waals surface area contributed by atoms with E-state index in [-0.39, 0.29) is 23.4 Å². The largest absolute Gasteiger partial charge is 0.466 e. The number of carbonyl (C=O) groups is 3. The minimum Gasteiger partial charge on any atom is -0.466 e. The van der Waals surface area contributed by atoms with Gasteiger partial charge in [0.1, 0.15) is 5.82 Å². The van der Waals surface area contributed by atoms with Crippen LogP contribution in [-0.2, 0) is 9.53 Å². The molecule has 40 heavy (non-hydrogen) atoms. The lowest BCUT2D eigenvalue weighted by atomic mass is 9.97. The zero-order valence-corrected chi connectivity index (χ0v) is 22.9. The molecule has 1 fully saturated rings. The number of aliphatic imine (C=N–C) groups is 1. The van der Waals surface area contributed by atoms with Gasteiger partial charge >= 0.3 is 5.97 Å². The van der Waals surface area contributed by atoms with Crippen LogP contribution >= 0.6 is 11.6 Å². The van der Waals surface area contributed by atoms with Crippen LogP contribution in [-0.4, -0.2) is 53.7 Å². The van der Waals surface area contributed by atoms with Crippen LogP contribution in [0.4, 0.5) is 17.2 Å². The molecule has 2 aromatic carbocycles. The molecule has 4 rings (SSSR count). The fourth-order valence-corrected chi connectivity index (χ4v) is 4.32. The van der Waals surface area contributed by atoms with Crippen LogP contribution in [0.15, 0.2) is 72.4 Å². The second kappa shape index (κ2) is 13.5. The molecule has 0 radical (unpaired) electrons. The Bertz CT molecular complexity index is 1400. The summed E-state index contributed by atoms with van der Waals surface area (Å²) in [6.07, 6.45) is 6.46. The molecule has 0 spiro atoms. The third kappa shape index (κ3) is 7.54. The molecule has 1 saturated heterocycles. The van der Waals surface area contributed by atoms with Crippen LogP contribution in [0.5, 0.6) is 0 Å². The van der Waals surface area contributed by atoms with Crippen molar-refractivity contribution in [3.05, 3.63) is 89.1 Å². The Hall–Kier alpha value is -4.50. The Morgan fingerprint density at radius 2 is 1.82 bits per heavy atom. The highest BCUT2D eigenvalue weighted by Gasteiger charge is 2.25. The molecular weight excluding hydrogens is 530 g/mol.